The van der Waals surface area contributed by atoms with E-state index in [9.17, 15) is 0 Å². The Kier molecular flexibility index (Phi) is 4.22. The smallest absolute Gasteiger partial charge is 0.0409 e. The summed E-state index contributed by atoms with van der Waals surface area (Å²) in [6.07, 6.45) is 1.22. The molecule has 1 aromatic carbocycles. The highest BCUT2D eigenvalue weighted by atomic mass is 35.5. The zero-order valence-electron chi connectivity index (χ0n) is 9.75. The Labute approximate surface area is 103 Å². The van der Waals surface area contributed by atoms with Crippen molar-refractivity contribution in [1.29, 1.82) is 0 Å². The molecular formula is C13H19ClN2. The third kappa shape index (κ3) is 3.21. The van der Waals surface area contributed by atoms with Crippen LogP contribution in [0, 0.1) is 0 Å². The molecule has 1 unspecified atom stereocenters. The first-order valence-corrected chi connectivity index (χ1v) is 6.33. The Morgan fingerprint density at radius 3 is 3.12 bits per heavy atom. The quantitative estimate of drug-likeness (QED) is 0.852. The predicted octanol–water partition coefficient (Wildman–Crippen LogP) is 2.52. The van der Waals surface area contributed by atoms with Gasteiger partial charge in [-0.2, -0.15) is 0 Å². The van der Waals surface area contributed by atoms with E-state index in [0.717, 1.165) is 31.2 Å². The van der Waals surface area contributed by atoms with E-state index in [1.807, 2.05) is 12.1 Å². The second kappa shape index (κ2) is 5.67. The fourth-order valence-corrected chi connectivity index (χ4v) is 2.38. The Hall–Kier alpha value is -0.570. The Balaban J connectivity index is 2.02. The van der Waals surface area contributed by atoms with Gasteiger partial charge >= 0.3 is 0 Å². The monoisotopic (exact) mass is 238 g/mol. The molecule has 1 heterocycles. The second-order valence-corrected chi connectivity index (χ2v) is 4.92. The first-order chi connectivity index (χ1) is 7.75. The van der Waals surface area contributed by atoms with Crippen molar-refractivity contribution in [3.05, 3.63) is 34.9 Å². The Bertz CT molecular complexity index is 340. The van der Waals surface area contributed by atoms with Crippen LogP contribution in [0.1, 0.15) is 18.9 Å². The van der Waals surface area contributed by atoms with E-state index >= 15 is 0 Å². The molecule has 1 aliphatic heterocycles. The molecular weight excluding hydrogens is 220 g/mol. The largest absolute Gasteiger partial charge is 0.315 e. The highest BCUT2D eigenvalue weighted by molar-refractivity contribution is 6.30. The number of nitrogens with one attached hydrogen (secondary N) is 1. The van der Waals surface area contributed by atoms with Gasteiger partial charge in [-0.1, -0.05) is 23.7 Å². The fraction of sp³-hybridized carbons (Fsp3) is 0.538. The van der Waals surface area contributed by atoms with E-state index in [-0.39, 0.29) is 0 Å². The van der Waals surface area contributed by atoms with Crippen LogP contribution >= 0.6 is 11.6 Å². The van der Waals surface area contributed by atoms with Gasteiger partial charge in [-0.25, -0.2) is 0 Å². The van der Waals surface area contributed by atoms with Gasteiger partial charge in [0.1, 0.15) is 0 Å². The van der Waals surface area contributed by atoms with Gasteiger partial charge in [0.15, 0.2) is 0 Å². The molecule has 3 heteroatoms. The van der Waals surface area contributed by atoms with Crippen LogP contribution in [-0.2, 0) is 6.54 Å². The summed E-state index contributed by atoms with van der Waals surface area (Å²) in [7, 11) is 0. The molecule has 1 saturated heterocycles. The maximum Gasteiger partial charge on any atom is 0.0409 e. The number of rotatable bonds is 2. The standard InChI is InChI=1S/C13H19ClN2/c1-11-5-6-15-7-8-16(11)10-12-3-2-4-13(14)9-12/h2-4,9,11,15H,5-8,10H2,1H3. The van der Waals surface area contributed by atoms with Crippen LogP contribution < -0.4 is 5.32 Å². The van der Waals surface area contributed by atoms with Crippen molar-refractivity contribution < 1.29 is 0 Å². The fourth-order valence-electron chi connectivity index (χ4n) is 2.17. The summed E-state index contributed by atoms with van der Waals surface area (Å²) >= 11 is 6.00. The maximum atomic E-state index is 6.00. The number of halogens is 1. The van der Waals surface area contributed by atoms with Gasteiger partial charge in [0.25, 0.3) is 0 Å². The number of hydrogen-bond donors (Lipinski definition) is 1. The van der Waals surface area contributed by atoms with E-state index < -0.39 is 0 Å². The topological polar surface area (TPSA) is 15.3 Å². The van der Waals surface area contributed by atoms with Crippen molar-refractivity contribution >= 4 is 11.6 Å². The van der Waals surface area contributed by atoms with Crippen molar-refractivity contribution in [3.63, 3.8) is 0 Å². The third-order valence-electron chi connectivity index (χ3n) is 3.21. The lowest BCUT2D eigenvalue weighted by Gasteiger charge is -2.26. The van der Waals surface area contributed by atoms with Gasteiger partial charge in [0.2, 0.25) is 0 Å². The van der Waals surface area contributed by atoms with Crippen molar-refractivity contribution in [1.82, 2.24) is 10.2 Å². The summed E-state index contributed by atoms with van der Waals surface area (Å²) in [6.45, 7) is 6.65. The molecule has 2 rings (SSSR count). The van der Waals surface area contributed by atoms with Crippen molar-refractivity contribution in [2.75, 3.05) is 19.6 Å². The zero-order chi connectivity index (χ0) is 11.4. The van der Waals surface area contributed by atoms with Crippen LogP contribution in [0.2, 0.25) is 5.02 Å². The van der Waals surface area contributed by atoms with Gasteiger partial charge in [0, 0.05) is 30.7 Å². The molecule has 16 heavy (non-hydrogen) atoms. The molecule has 0 aromatic heterocycles. The molecule has 1 atom stereocenters. The number of nitrogens with zero attached hydrogens (tertiary/aromatic N) is 1. The minimum absolute atomic E-state index is 0.647. The van der Waals surface area contributed by atoms with Crippen LogP contribution in [0.15, 0.2) is 24.3 Å². The molecule has 1 aliphatic rings. The van der Waals surface area contributed by atoms with Crippen LogP contribution in [0.5, 0.6) is 0 Å². The van der Waals surface area contributed by atoms with Crippen molar-refractivity contribution in [3.8, 4) is 0 Å². The zero-order valence-corrected chi connectivity index (χ0v) is 10.5. The lowest BCUT2D eigenvalue weighted by Crippen LogP contribution is -2.33. The first kappa shape index (κ1) is 11.9. The number of benzene rings is 1. The Morgan fingerprint density at radius 2 is 2.31 bits per heavy atom. The molecule has 0 saturated carbocycles. The molecule has 0 aliphatic carbocycles. The van der Waals surface area contributed by atoms with E-state index in [1.54, 1.807) is 0 Å². The SMILES string of the molecule is CC1CCNCCN1Cc1cccc(Cl)c1. The van der Waals surface area contributed by atoms with Gasteiger partial charge in [-0.3, -0.25) is 4.90 Å². The molecule has 0 bridgehead atoms. The lowest BCUT2D eigenvalue weighted by molar-refractivity contribution is 0.211. The summed E-state index contributed by atoms with van der Waals surface area (Å²) < 4.78 is 0. The molecule has 0 spiro atoms. The molecule has 1 aromatic rings. The average Bonchev–Trinajstić information content (AvgIpc) is 2.45. The summed E-state index contributed by atoms with van der Waals surface area (Å²) in [5.74, 6) is 0. The van der Waals surface area contributed by atoms with Crippen molar-refractivity contribution in [2.45, 2.75) is 25.9 Å². The molecule has 1 fully saturated rings. The van der Waals surface area contributed by atoms with Crippen LogP contribution in [0.3, 0.4) is 0 Å². The minimum atomic E-state index is 0.647. The van der Waals surface area contributed by atoms with Crippen molar-refractivity contribution in [2.24, 2.45) is 0 Å². The molecule has 0 radical (unpaired) electrons. The Morgan fingerprint density at radius 1 is 1.44 bits per heavy atom. The van der Waals surface area contributed by atoms with Gasteiger partial charge in [-0.05, 0) is 37.6 Å². The highest BCUT2D eigenvalue weighted by Crippen LogP contribution is 2.15. The van der Waals surface area contributed by atoms with Gasteiger partial charge in [0.05, 0.1) is 0 Å². The van der Waals surface area contributed by atoms with Gasteiger partial charge in [-0.15, -0.1) is 0 Å². The minimum Gasteiger partial charge on any atom is -0.315 e. The summed E-state index contributed by atoms with van der Waals surface area (Å²) in [6, 6.07) is 8.81. The molecule has 1 N–H and O–H groups in total. The second-order valence-electron chi connectivity index (χ2n) is 4.49. The highest BCUT2D eigenvalue weighted by Gasteiger charge is 2.16. The van der Waals surface area contributed by atoms with E-state index in [0.29, 0.717) is 6.04 Å². The van der Waals surface area contributed by atoms with E-state index in [4.69, 9.17) is 11.6 Å². The maximum absolute atomic E-state index is 6.00. The summed E-state index contributed by atoms with van der Waals surface area (Å²) in [5.41, 5.74) is 1.31. The normalized spacial score (nSPS) is 23.0. The van der Waals surface area contributed by atoms with Crippen LogP contribution in [0.25, 0.3) is 0 Å². The molecule has 0 amide bonds. The summed E-state index contributed by atoms with van der Waals surface area (Å²) in [4.78, 5) is 2.52. The van der Waals surface area contributed by atoms with E-state index in [1.165, 1.54) is 12.0 Å². The van der Waals surface area contributed by atoms with Crippen LogP contribution in [-0.4, -0.2) is 30.6 Å². The first-order valence-electron chi connectivity index (χ1n) is 5.95. The van der Waals surface area contributed by atoms with E-state index in [2.05, 4.69) is 29.3 Å². The molecule has 88 valence electrons. The predicted molar refractivity (Wildman–Crippen MR) is 68.8 cm³/mol. The molecule has 2 nitrogen and oxygen atoms in total. The average molecular weight is 239 g/mol. The number of hydrogen-bond acceptors (Lipinski definition) is 2. The van der Waals surface area contributed by atoms with Crippen LogP contribution in [0.4, 0.5) is 0 Å². The third-order valence-corrected chi connectivity index (χ3v) is 3.45. The van der Waals surface area contributed by atoms with Gasteiger partial charge < -0.3 is 5.32 Å². The lowest BCUT2D eigenvalue weighted by atomic mass is 10.1. The summed E-state index contributed by atoms with van der Waals surface area (Å²) in [5, 5.41) is 4.27.